The van der Waals surface area contributed by atoms with Gasteiger partial charge in [0.25, 0.3) is 0 Å². The van der Waals surface area contributed by atoms with Gasteiger partial charge in [0.15, 0.2) is 0 Å². The predicted octanol–water partition coefficient (Wildman–Crippen LogP) is 0.0182. The van der Waals surface area contributed by atoms with Crippen molar-refractivity contribution in [3.8, 4) is 0 Å². The quantitative estimate of drug-likeness (QED) is 0.767. The van der Waals surface area contributed by atoms with E-state index in [0.29, 0.717) is 11.0 Å². The van der Waals surface area contributed by atoms with Gasteiger partial charge in [0.05, 0.1) is 12.3 Å². The molecule has 1 fully saturated rings. The van der Waals surface area contributed by atoms with Gasteiger partial charge in [-0.1, -0.05) is 0 Å². The SMILES string of the molecule is CN(C)C(=O)CN(C)C(=O)CSC1CCNCC1. The highest BCUT2D eigenvalue weighted by atomic mass is 32.2. The minimum atomic E-state index is -0.0438. The first-order valence-electron chi connectivity index (χ1n) is 6.27. The number of amides is 2. The maximum Gasteiger partial charge on any atom is 0.241 e. The first kappa shape index (κ1) is 15.3. The molecular weight excluding hydrogens is 250 g/mol. The number of nitrogens with zero attached hydrogens (tertiary/aromatic N) is 2. The van der Waals surface area contributed by atoms with Crippen molar-refractivity contribution < 1.29 is 9.59 Å². The highest BCUT2D eigenvalue weighted by molar-refractivity contribution is 8.00. The summed E-state index contributed by atoms with van der Waals surface area (Å²) >= 11 is 1.71. The van der Waals surface area contributed by atoms with Crippen molar-refractivity contribution in [2.24, 2.45) is 0 Å². The van der Waals surface area contributed by atoms with Crippen LogP contribution in [0.1, 0.15) is 12.8 Å². The van der Waals surface area contributed by atoms with Crippen LogP contribution in [-0.4, -0.2) is 73.4 Å². The third kappa shape index (κ3) is 5.27. The minimum Gasteiger partial charge on any atom is -0.347 e. The maximum atomic E-state index is 11.9. The molecule has 0 aromatic rings. The van der Waals surface area contributed by atoms with E-state index in [0.717, 1.165) is 25.9 Å². The largest absolute Gasteiger partial charge is 0.347 e. The van der Waals surface area contributed by atoms with Crippen molar-refractivity contribution in [2.75, 3.05) is 46.5 Å². The predicted molar refractivity (Wildman–Crippen MR) is 74.7 cm³/mol. The van der Waals surface area contributed by atoms with Gasteiger partial charge in [-0.3, -0.25) is 9.59 Å². The Bertz CT molecular complexity index is 291. The van der Waals surface area contributed by atoms with Crippen molar-refractivity contribution in [3.05, 3.63) is 0 Å². The number of nitrogens with one attached hydrogen (secondary N) is 1. The third-order valence-electron chi connectivity index (χ3n) is 3.03. The standard InChI is InChI=1S/C12H23N3O2S/c1-14(2)11(16)8-15(3)12(17)9-18-10-4-6-13-7-5-10/h10,13H,4-9H2,1-3H3. The molecule has 0 aromatic carbocycles. The van der Waals surface area contributed by atoms with Gasteiger partial charge in [-0.2, -0.15) is 0 Å². The molecule has 1 aliphatic rings. The molecule has 0 radical (unpaired) electrons. The number of likely N-dealkylation sites (N-methyl/N-ethyl adjacent to an activating group) is 2. The number of thioether (sulfide) groups is 1. The van der Waals surface area contributed by atoms with Gasteiger partial charge in [-0.25, -0.2) is 0 Å². The Labute approximate surface area is 113 Å². The van der Waals surface area contributed by atoms with Crippen LogP contribution in [0.4, 0.5) is 0 Å². The highest BCUT2D eigenvalue weighted by Gasteiger charge is 2.18. The molecule has 1 aliphatic heterocycles. The Morgan fingerprint density at radius 3 is 2.33 bits per heavy atom. The van der Waals surface area contributed by atoms with Gasteiger partial charge in [-0.15, -0.1) is 11.8 Å². The van der Waals surface area contributed by atoms with Crippen LogP contribution < -0.4 is 5.32 Å². The molecule has 1 heterocycles. The molecule has 0 saturated carbocycles. The summed E-state index contributed by atoms with van der Waals surface area (Å²) < 4.78 is 0. The minimum absolute atomic E-state index is 0.0359. The molecule has 0 unspecified atom stereocenters. The van der Waals surface area contributed by atoms with Crippen molar-refractivity contribution in [1.29, 1.82) is 0 Å². The zero-order valence-electron chi connectivity index (χ0n) is 11.4. The number of hydrogen-bond donors (Lipinski definition) is 1. The van der Waals surface area contributed by atoms with Gasteiger partial charge in [0, 0.05) is 26.4 Å². The summed E-state index contributed by atoms with van der Waals surface area (Å²) in [6.07, 6.45) is 2.25. The molecule has 1 N–H and O–H groups in total. The van der Waals surface area contributed by atoms with Crippen LogP contribution in [0.15, 0.2) is 0 Å². The number of hydrogen-bond acceptors (Lipinski definition) is 4. The molecule has 0 spiro atoms. The fraction of sp³-hybridized carbons (Fsp3) is 0.833. The Balaban J connectivity index is 2.24. The molecule has 18 heavy (non-hydrogen) atoms. The van der Waals surface area contributed by atoms with Gasteiger partial charge in [0.2, 0.25) is 11.8 Å². The zero-order chi connectivity index (χ0) is 13.5. The Hall–Kier alpha value is -0.750. The molecule has 5 nitrogen and oxygen atoms in total. The monoisotopic (exact) mass is 273 g/mol. The first-order valence-corrected chi connectivity index (χ1v) is 7.32. The van der Waals surface area contributed by atoms with E-state index < -0.39 is 0 Å². The molecular formula is C12H23N3O2S. The van der Waals surface area contributed by atoms with Gasteiger partial charge >= 0.3 is 0 Å². The maximum absolute atomic E-state index is 11.9. The van der Waals surface area contributed by atoms with Gasteiger partial charge in [0.1, 0.15) is 0 Å². The van der Waals surface area contributed by atoms with E-state index in [1.807, 2.05) is 0 Å². The van der Waals surface area contributed by atoms with Crippen molar-refractivity contribution in [1.82, 2.24) is 15.1 Å². The Morgan fingerprint density at radius 2 is 1.78 bits per heavy atom. The molecule has 0 aliphatic carbocycles. The molecule has 104 valence electrons. The summed E-state index contributed by atoms with van der Waals surface area (Å²) in [6, 6.07) is 0. The Morgan fingerprint density at radius 1 is 1.17 bits per heavy atom. The average Bonchev–Trinajstić information content (AvgIpc) is 2.36. The lowest BCUT2D eigenvalue weighted by Gasteiger charge is -2.23. The fourth-order valence-electron chi connectivity index (χ4n) is 1.69. The van der Waals surface area contributed by atoms with E-state index >= 15 is 0 Å². The molecule has 6 heteroatoms. The first-order chi connectivity index (χ1) is 8.50. The second kappa shape index (κ2) is 7.63. The average molecular weight is 273 g/mol. The van der Waals surface area contributed by atoms with Gasteiger partial charge < -0.3 is 15.1 Å². The summed E-state index contributed by atoms with van der Waals surface area (Å²) in [5.41, 5.74) is 0. The lowest BCUT2D eigenvalue weighted by molar-refractivity contribution is -0.136. The lowest BCUT2D eigenvalue weighted by atomic mass is 10.2. The van der Waals surface area contributed by atoms with Crippen molar-refractivity contribution in [3.63, 3.8) is 0 Å². The summed E-state index contributed by atoms with van der Waals surface area (Å²) in [5.74, 6) is 0.466. The summed E-state index contributed by atoms with van der Waals surface area (Å²) in [5, 5.41) is 3.88. The molecule has 0 bridgehead atoms. The Kier molecular flexibility index (Phi) is 6.49. The van der Waals surface area contributed by atoms with Crippen molar-refractivity contribution >= 4 is 23.6 Å². The van der Waals surface area contributed by atoms with E-state index in [9.17, 15) is 9.59 Å². The molecule has 0 atom stereocenters. The zero-order valence-corrected chi connectivity index (χ0v) is 12.3. The summed E-state index contributed by atoms with van der Waals surface area (Å²) in [4.78, 5) is 26.4. The van der Waals surface area contributed by atoms with Crippen LogP contribution in [0, 0.1) is 0 Å². The van der Waals surface area contributed by atoms with Crippen LogP contribution in [0.5, 0.6) is 0 Å². The van der Waals surface area contributed by atoms with E-state index in [1.54, 1.807) is 32.9 Å². The van der Waals surface area contributed by atoms with E-state index in [-0.39, 0.29) is 18.4 Å². The van der Waals surface area contributed by atoms with Crippen LogP contribution in [0.25, 0.3) is 0 Å². The molecule has 1 saturated heterocycles. The van der Waals surface area contributed by atoms with Crippen LogP contribution in [0.2, 0.25) is 0 Å². The van der Waals surface area contributed by atoms with E-state index in [4.69, 9.17) is 0 Å². The van der Waals surface area contributed by atoms with E-state index in [2.05, 4.69) is 5.32 Å². The van der Waals surface area contributed by atoms with Crippen LogP contribution in [-0.2, 0) is 9.59 Å². The van der Waals surface area contributed by atoms with Crippen LogP contribution >= 0.6 is 11.8 Å². The second-order valence-corrected chi connectivity index (χ2v) is 6.09. The van der Waals surface area contributed by atoms with E-state index in [1.165, 1.54) is 9.80 Å². The normalized spacial score (nSPS) is 16.4. The second-order valence-electron chi connectivity index (χ2n) is 4.80. The number of carbonyl (C=O) groups is 2. The number of piperidine rings is 1. The summed E-state index contributed by atoms with van der Waals surface area (Å²) in [6.45, 7) is 2.25. The third-order valence-corrected chi connectivity index (χ3v) is 4.38. The number of carbonyl (C=O) groups excluding carboxylic acids is 2. The fourth-order valence-corrected chi connectivity index (χ4v) is 2.86. The topological polar surface area (TPSA) is 52.7 Å². The number of rotatable bonds is 5. The molecule has 1 rings (SSSR count). The molecule has 2 amide bonds. The summed E-state index contributed by atoms with van der Waals surface area (Å²) in [7, 11) is 5.08. The van der Waals surface area contributed by atoms with Crippen molar-refractivity contribution in [2.45, 2.75) is 18.1 Å². The lowest BCUT2D eigenvalue weighted by Crippen LogP contribution is -2.39. The van der Waals surface area contributed by atoms with Gasteiger partial charge in [-0.05, 0) is 25.9 Å². The highest BCUT2D eigenvalue weighted by Crippen LogP contribution is 2.20. The smallest absolute Gasteiger partial charge is 0.241 e. The van der Waals surface area contributed by atoms with Crippen LogP contribution in [0.3, 0.4) is 0 Å². The molecule has 0 aromatic heterocycles.